The number of aromatic nitrogens is 1. The van der Waals surface area contributed by atoms with Gasteiger partial charge in [-0.1, -0.05) is 11.6 Å². The maximum Gasteiger partial charge on any atom is 0.216 e. The van der Waals surface area contributed by atoms with Gasteiger partial charge in [0.15, 0.2) is 0 Å². The number of nitrogens with one attached hydrogen (secondary N) is 1. The molecule has 2 rings (SSSR count). The van der Waals surface area contributed by atoms with Crippen LogP contribution in [0.25, 0.3) is 0 Å². The number of anilines is 1. The van der Waals surface area contributed by atoms with Crippen molar-refractivity contribution in [2.24, 2.45) is 5.92 Å². The average molecular weight is 297 g/mol. The predicted molar refractivity (Wildman–Crippen MR) is 80.3 cm³/mol. The molecule has 0 radical (unpaired) electrons. The van der Waals surface area contributed by atoms with Gasteiger partial charge in [0.2, 0.25) is 5.91 Å². The van der Waals surface area contributed by atoms with Gasteiger partial charge in [0.1, 0.15) is 5.82 Å². The molecule has 20 heavy (non-hydrogen) atoms. The van der Waals surface area contributed by atoms with E-state index in [0.717, 1.165) is 44.7 Å². The van der Waals surface area contributed by atoms with Crippen molar-refractivity contribution in [3.05, 3.63) is 22.8 Å². The highest BCUT2D eigenvalue weighted by atomic mass is 35.5. The van der Waals surface area contributed by atoms with Crippen molar-refractivity contribution in [1.82, 2.24) is 15.2 Å². The van der Waals surface area contributed by atoms with Gasteiger partial charge >= 0.3 is 0 Å². The number of hydrogen-bond acceptors (Lipinski definition) is 4. The molecule has 5 nitrogen and oxygen atoms in total. The molecule has 0 unspecified atom stereocenters. The van der Waals surface area contributed by atoms with E-state index < -0.39 is 0 Å². The second-order valence-electron chi connectivity index (χ2n) is 5.32. The normalized spacial score (nSPS) is 17.1. The summed E-state index contributed by atoms with van der Waals surface area (Å²) in [5.74, 6) is 1.12. The standard InChI is InChI=1S/C14H21ClN4O/c1-10(20)17-8-11-4-6-19(7-5-11)9-13-12(15)2-3-14(16)18-13/h2-3,11H,4-9H2,1H3,(H2,16,18)(H,17,20). The Balaban J connectivity index is 1.82. The number of nitrogens with two attached hydrogens (primary N) is 1. The van der Waals surface area contributed by atoms with Gasteiger partial charge < -0.3 is 11.1 Å². The first kappa shape index (κ1) is 15.1. The first-order chi connectivity index (χ1) is 9.54. The van der Waals surface area contributed by atoms with E-state index in [-0.39, 0.29) is 5.91 Å². The van der Waals surface area contributed by atoms with Crippen molar-refractivity contribution in [2.45, 2.75) is 26.3 Å². The Morgan fingerprint density at radius 1 is 1.50 bits per heavy atom. The highest BCUT2D eigenvalue weighted by Crippen LogP contribution is 2.21. The lowest BCUT2D eigenvalue weighted by atomic mass is 9.96. The Bertz CT molecular complexity index is 472. The van der Waals surface area contributed by atoms with Crippen LogP contribution in [0.3, 0.4) is 0 Å². The molecule has 3 N–H and O–H groups in total. The molecule has 110 valence electrons. The summed E-state index contributed by atoms with van der Waals surface area (Å²) >= 11 is 6.14. The summed E-state index contributed by atoms with van der Waals surface area (Å²) in [5, 5.41) is 3.56. The minimum atomic E-state index is 0.0446. The Kier molecular flexibility index (Phi) is 5.20. The van der Waals surface area contributed by atoms with Gasteiger partial charge in [-0.15, -0.1) is 0 Å². The van der Waals surface area contributed by atoms with E-state index in [1.807, 2.05) is 0 Å². The zero-order valence-corrected chi connectivity index (χ0v) is 12.5. The van der Waals surface area contributed by atoms with Crippen LogP contribution in [-0.2, 0) is 11.3 Å². The van der Waals surface area contributed by atoms with Gasteiger partial charge in [0, 0.05) is 20.0 Å². The molecule has 6 heteroatoms. The second-order valence-corrected chi connectivity index (χ2v) is 5.73. The minimum Gasteiger partial charge on any atom is -0.384 e. The predicted octanol–water partition coefficient (Wildman–Crippen LogP) is 1.67. The molecule has 0 aliphatic carbocycles. The van der Waals surface area contributed by atoms with Crippen molar-refractivity contribution in [2.75, 3.05) is 25.4 Å². The molecule has 1 aromatic heterocycles. The van der Waals surface area contributed by atoms with Gasteiger partial charge in [0.25, 0.3) is 0 Å². The van der Waals surface area contributed by atoms with Crippen LogP contribution in [0.1, 0.15) is 25.5 Å². The van der Waals surface area contributed by atoms with Crippen LogP contribution in [0, 0.1) is 5.92 Å². The van der Waals surface area contributed by atoms with E-state index >= 15 is 0 Å². The lowest BCUT2D eigenvalue weighted by Crippen LogP contribution is -2.38. The van der Waals surface area contributed by atoms with Crippen molar-refractivity contribution in [3.63, 3.8) is 0 Å². The summed E-state index contributed by atoms with van der Waals surface area (Å²) in [6.45, 7) is 5.06. The molecule has 2 heterocycles. The fraction of sp³-hybridized carbons (Fsp3) is 0.571. The Labute approximate surface area is 124 Å². The van der Waals surface area contributed by atoms with Crippen LogP contribution in [0.4, 0.5) is 5.82 Å². The first-order valence-corrected chi connectivity index (χ1v) is 7.30. The number of halogens is 1. The summed E-state index contributed by atoms with van der Waals surface area (Å²) in [6.07, 6.45) is 2.17. The average Bonchev–Trinajstić information content (AvgIpc) is 2.42. The summed E-state index contributed by atoms with van der Waals surface area (Å²) in [6, 6.07) is 3.51. The van der Waals surface area contributed by atoms with E-state index in [1.54, 1.807) is 19.1 Å². The molecular formula is C14H21ClN4O. The number of rotatable bonds is 4. The highest BCUT2D eigenvalue weighted by molar-refractivity contribution is 6.31. The monoisotopic (exact) mass is 296 g/mol. The van der Waals surface area contributed by atoms with Crippen LogP contribution >= 0.6 is 11.6 Å². The molecule has 1 fully saturated rings. The van der Waals surface area contributed by atoms with Gasteiger partial charge in [-0.05, 0) is 44.0 Å². The Hall–Kier alpha value is -1.33. The van der Waals surface area contributed by atoms with E-state index in [9.17, 15) is 4.79 Å². The topological polar surface area (TPSA) is 71.2 Å². The Morgan fingerprint density at radius 2 is 2.20 bits per heavy atom. The van der Waals surface area contributed by atoms with E-state index in [1.165, 1.54) is 0 Å². The van der Waals surface area contributed by atoms with Gasteiger partial charge in [-0.2, -0.15) is 0 Å². The SMILES string of the molecule is CC(=O)NCC1CCN(Cc2nc(N)ccc2Cl)CC1. The number of carbonyl (C=O) groups is 1. The highest BCUT2D eigenvalue weighted by Gasteiger charge is 2.20. The molecule has 1 aliphatic rings. The molecule has 0 spiro atoms. The van der Waals surface area contributed by atoms with Crippen LogP contribution in [0.15, 0.2) is 12.1 Å². The summed E-state index contributed by atoms with van der Waals surface area (Å²) in [7, 11) is 0. The summed E-state index contributed by atoms with van der Waals surface area (Å²) < 4.78 is 0. The van der Waals surface area contributed by atoms with Crippen molar-refractivity contribution in [3.8, 4) is 0 Å². The molecule has 1 amide bonds. The van der Waals surface area contributed by atoms with Gasteiger partial charge in [-0.25, -0.2) is 4.98 Å². The van der Waals surface area contributed by atoms with Crippen LogP contribution < -0.4 is 11.1 Å². The maximum absolute atomic E-state index is 10.9. The fourth-order valence-corrected chi connectivity index (χ4v) is 2.63. The van der Waals surface area contributed by atoms with E-state index in [0.29, 0.717) is 16.8 Å². The number of likely N-dealkylation sites (tertiary alicyclic amines) is 1. The lowest BCUT2D eigenvalue weighted by molar-refractivity contribution is -0.119. The van der Waals surface area contributed by atoms with Gasteiger partial charge in [-0.3, -0.25) is 9.69 Å². The molecule has 0 atom stereocenters. The van der Waals surface area contributed by atoms with Crippen LogP contribution in [0.2, 0.25) is 5.02 Å². The maximum atomic E-state index is 10.9. The molecule has 0 bridgehead atoms. The van der Waals surface area contributed by atoms with Crippen molar-refractivity contribution < 1.29 is 4.79 Å². The molecule has 1 aliphatic heterocycles. The molecule has 0 saturated carbocycles. The summed E-state index contributed by atoms with van der Waals surface area (Å²) in [5.41, 5.74) is 6.53. The molecule has 0 aromatic carbocycles. The first-order valence-electron chi connectivity index (χ1n) is 6.92. The van der Waals surface area contributed by atoms with E-state index in [2.05, 4.69) is 15.2 Å². The largest absolute Gasteiger partial charge is 0.384 e. The second kappa shape index (κ2) is 6.90. The quantitative estimate of drug-likeness (QED) is 0.886. The lowest BCUT2D eigenvalue weighted by Gasteiger charge is -2.31. The number of pyridine rings is 1. The third-order valence-corrected chi connectivity index (χ3v) is 4.00. The number of amides is 1. The van der Waals surface area contributed by atoms with Crippen LogP contribution in [-0.4, -0.2) is 35.4 Å². The number of hydrogen-bond donors (Lipinski definition) is 2. The zero-order chi connectivity index (χ0) is 14.5. The van der Waals surface area contributed by atoms with E-state index in [4.69, 9.17) is 17.3 Å². The number of piperidine rings is 1. The zero-order valence-electron chi connectivity index (χ0n) is 11.7. The fourth-order valence-electron chi connectivity index (χ4n) is 2.46. The van der Waals surface area contributed by atoms with Crippen molar-refractivity contribution in [1.29, 1.82) is 0 Å². The van der Waals surface area contributed by atoms with Crippen molar-refractivity contribution >= 4 is 23.3 Å². The van der Waals surface area contributed by atoms with Gasteiger partial charge in [0.05, 0.1) is 10.7 Å². The number of nitrogen functional groups attached to an aromatic ring is 1. The Morgan fingerprint density at radius 3 is 2.85 bits per heavy atom. The number of carbonyl (C=O) groups excluding carboxylic acids is 1. The molecule has 1 aromatic rings. The van der Waals surface area contributed by atoms with Crippen LogP contribution in [0.5, 0.6) is 0 Å². The third kappa shape index (κ3) is 4.35. The summed E-state index contributed by atoms with van der Waals surface area (Å²) in [4.78, 5) is 17.5. The molecule has 1 saturated heterocycles. The molecular weight excluding hydrogens is 276 g/mol. The third-order valence-electron chi connectivity index (χ3n) is 3.66. The smallest absolute Gasteiger partial charge is 0.216 e. The number of nitrogens with zero attached hydrogens (tertiary/aromatic N) is 2. The minimum absolute atomic E-state index is 0.0446.